The summed E-state index contributed by atoms with van der Waals surface area (Å²) in [5.41, 5.74) is 3.09. The molecule has 2 saturated heterocycles. The Morgan fingerprint density at radius 3 is 2.59 bits per heavy atom. The third-order valence-electron chi connectivity index (χ3n) is 6.22. The van der Waals surface area contributed by atoms with Gasteiger partial charge in [-0.2, -0.15) is 0 Å². The molecule has 6 heteroatoms. The number of likely N-dealkylation sites (tertiary alicyclic amines) is 1. The second-order valence-corrected chi connectivity index (χ2v) is 8.16. The summed E-state index contributed by atoms with van der Waals surface area (Å²) in [6.07, 6.45) is 3.64. The van der Waals surface area contributed by atoms with Crippen LogP contribution >= 0.6 is 0 Å². The van der Waals surface area contributed by atoms with E-state index in [0.29, 0.717) is 26.0 Å². The summed E-state index contributed by atoms with van der Waals surface area (Å²) in [4.78, 5) is 17.8. The zero-order valence-electron chi connectivity index (χ0n) is 17.5. The van der Waals surface area contributed by atoms with Gasteiger partial charge in [-0.1, -0.05) is 35.5 Å². The van der Waals surface area contributed by atoms with Crippen LogP contribution in [0.25, 0.3) is 0 Å². The number of aryl methyl sites for hydroxylation is 2. The third kappa shape index (κ3) is 4.54. The molecule has 2 fully saturated rings. The van der Waals surface area contributed by atoms with Crippen molar-refractivity contribution in [2.75, 3.05) is 32.8 Å². The minimum Gasteiger partial charge on any atom is -0.373 e. The van der Waals surface area contributed by atoms with Crippen LogP contribution in [0.5, 0.6) is 0 Å². The molecule has 0 unspecified atom stereocenters. The van der Waals surface area contributed by atoms with Gasteiger partial charge in [-0.05, 0) is 51.8 Å². The van der Waals surface area contributed by atoms with Gasteiger partial charge in [0.05, 0.1) is 24.4 Å². The molecule has 0 N–H and O–H groups in total. The predicted octanol–water partition coefficient (Wildman–Crippen LogP) is 3.29. The quantitative estimate of drug-likeness (QED) is 0.749. The molecule has 1 aromatic carbocycles. The van der Waals surface area contributed by atoms with Crippen molar-refractivity contribution in [2.45, 2.75) is 51.7 Å². The summed E-state index contributed by atoms with van der Waals surface area (Å²) < 4.78 is 11.5. The first-order chi connectivity index (χ1) is 14.1. The van der Waals surface area contributed by atoms with Gasteiger partial charge in [-0.3, -0.25) is 4.79 Å². The van der Waals surface area contributed by atoms with Crippen LogP contribution in [0.2, 0.25) is 0 Å². The highest BCUT2D eigenvalue weighted by Gasteiger charge is 2.37. The molecule has 1 amide bonds. The summed E-state index contributed by atoms with van der Waals surface area (Å²) in [5.74, 6) is 0.984. The van der Waals surface area contributed by atoms with E-state index in [-0.39, 0.29) is 18.1 Å². The molecule has 2 aliphatic rings. The fourth-order valence-corrected chi connectivity index (χ4v) is 4.66. The van der Waals surface area contributed by atoms with Gasteiger partial charge >= 0.3 is 0 Å². The Morgan fingerprint density at radius 1 is 1.14 bits per heavy atom. The zero-order valence-corrected chi connectivity index (χ0v) is 17.5. The average molecular weight is 398 g/mol. The van der Waals surface area contributed by atoms with E-state index in [9.17, 15) is 4.79 Å². The van der Waals surface area contributed by atoms with Crippen molar-refractivity contribution in [1.29, 1.82) is 0 Å². The highest BCUT2D eigenvalue weighted by atomic mass is 16.5. The highest BCUT2D eigenvalue weighted by Crippen LogP contribution is 2.31. The van der Waals surface area contributed by atoms with Crippen LogP contribution in [0.4, 0.5) is 0 Å². The van der Waals surface area contributed by atoms with Crippen molar-refractivity contribution < 1.29 is 14.1 Å². The van der Waals surface area contributed by atoms with Crippen LogP contribution in [0, 0.1) is 13.8 Å². The number of rotatable bonds is 6. The normalized spacial score (nSPS) is 22.9. The van der Waals surface area contributed by atoms with E-state index in [2.05, 4.69) is 22.2 Å². The van der Waals surface area contributed by atoms with Gasteiger partial charge in [-0.25, -0.2) is 0 Å². The zero-order chi connectivity index (χ0) is 20.2. The van der Waals surface area contributed by atoms with E-state index < -0.39 is 0 Å². The summed E-state index contributed by atoms with van der Waals surface area (Å²) in [5, 5.41) is 4.01. The molecule has 6 nitrogen and oxygen atoms in total. The van der Waals surface area contributed by atoms with Crippen LogP contribution in [0.15, 0.2) is 34.9 Å². The number of carbonyl (C=O) groups excluding carboxylic acids is 1. The predicted molar refractivity (Wildman–Crippen MR) is 111 cm³/mol. The summed E-state index contributed by atoms with van der Waals surface area (Å²) in [7, 11) is 0. The molecule has 2 atom stereocenters. The molecule has 0 bridgehead atoms. The number of hydrogen-bond acceptors (Lipinski definition) is 5. The molecule has 0 aliphatic carbocycles. The SMILES string of the molecule is Cc1noc(C)c1CCC(=O)N1CCO[C@@H](CN2CCCC2)[C@@H]1c1ccccc1. The van der Waals surface area contributed by atoms with E-state index in [4.69, 9.17) is 9.26 Å². The Hall–Kier alpha value is -2.18. The molecule has 0 spiro atoms. The van der Waals surface area contributed by atoms with Crippen LogP contribution in [-0.4, -0.2) is 59.8 Å². The van der Waals surface area contributed by atoms with Gasteiger partial charge in [0.2, 0.25) is 5.91 Å². The van der Waals surface area contributed by atoms with Gasteiger partial charge < -0.3 is 19.1 Å². The molecule has 4 rings (SSSR count). The topological polar surface area (TPSA) is 58.8 Å². The van der Waals surface area contributed by atoms with Gasteiger partial charge in [0.15, 0.2) is 0 Å². The number of amides is 1. The van der Waals surface area contributed by atoms with Crippen LogP contribution < -0.4 is 0 Å². The van der Waals surface area contributed by atoms with Gasteiger partial charge in [0.1, 0.15) is 5.76 Å². The number of nitrogens with zero attached hydrogens (tertiary/aromatic N) is 3. The van der Waals surface area contributed by atoms with Crippen molar-refractivity contribution in [2.24, 2.45) is 0 Å². The number of hydrogen-bond donors (Lipinski definition) is 0. The van der Waals surface area contributed by atoms with Crippen molar-refractivity contribution in [3.05, 3.63) is 52.9 Å². The molecule has 0 radical (unpaired) electrons. The van der Waals surface area contributed by atoms with Crippen molar-refractivity contribution in [3.8, 4) is 0 Å². The molecule has 0 saturated carbocycles. The molecule has 156 valence electrons. The Bertz CT molecular complexity index is 795. The first kappa shape index (κ1) is 20.1. The third-order valence-corrected chi connectivity index (χ3v) is 6.22. The lowest BCUT2D eigenvalue weighted by molar-refractivity contribution is -0.148. The van der Waals surface area contributed by atoms with Gasteiger partial charge in [-0.15, -0.1) is 0 Å². The Balaban J connectivity index is 1.51. The second-order valence-electron chi connectivity index (χ2n) is 8.16. The van der Waals surface area contributed by atoms with E-state index in [0.717, 1.165) is 42.2 Å². The average Bonchev–Trinajstić information content (AvgIpc) is 3.36. The lowest BCUT2D eigenvalue weighted by Crippen LogP contribution is -2.51. The molecule has 2 aromatic rings. The maximum atomic E-state index is 13.3. The molecule has 1 aromatic heterocycles. The lowest BCUT2D eigenvalue weighted by Gasteiger charge is -2.43. The van der Waals surface area contributed by atoms with E-state index in [1.165, 1.54) is 12.8 Å². The minimum atomic E-state index is -0.0391. The Kier molecular flexibility index (Phi) is 6.31. The number of ether oxygens (including phenoxy) is 1. The molecule has 2 aliphatic heterocycles. The standard InChI is InChI=1S/C23H31N3O3/c1-17-20(18(2)29-24-17)10-11-22(27)26-14-15-28-21(16-25-12-6-7-13-25)23(26)19-8-4-3-5-9-19/h3-5,8-9,21,23H,6-7,10-16H2,1-2H3/t21-,23-/m0/s1. The maximum Gasteiger partial charge on any atom is 0.223 e. The number of aromatic nitrogens is 1. The fourth-order valence-electron chi connectivity index (χ4n) is 4.66. The fraction of sp³-hybridized carbons (Fsp3) is 0.565. The van der Waals surface area contributed by atoms with E-state index in [1.807, 2.05) is 36.9 Å². The van der Waals surface area contributed by atoms with E-state index in [1.54, 1.807) is 0 Å². The van der Waals surface area contributed by atoms with E-state index >= 15 is 0 Å². The summed E-state index contributed by atoms with van der Waals surface area (Å²) in [6, 6.07) is 10.3. The number of morpholine rings is 1. The molecule has 3 heterocycles. The first-order valence-electron chi connectivity index (χ1n) is 10.7. The highest BCUT2D eigenvalue weighted by molar-refractivity contribution is 5.77. The molecular formula is C23H31N3O3. The smallest absolute Gasteiger partial charge is 0.223 e. The Labute approximate surface area is 172 Å². The largest absolute Gasteiger partial charge is 0.373 e. The lowest BCUT2D eigenvalue weighted by atomic mass is 9.96. The van der Waals surface area contributed by atoms with Crippen molar-refractivity contribution >= 4 is 5.91 Å². The number of benzene rings is 1. The first-order valence-corrected chi connectivity index (χ1v) is 10.7. The van der Waals surface area contributed by atoms with Crippen LogP contribution in [0.3, 0.4) is 0 Å². The monoisotopic (exact) mass is 397 g/mol. The summed E-state index contributed by atoms with van der Waals surface area (Å²) in [6.45, 7) is 8.21. The maximum absolute atomic E-state index is 13.3. The molecular weight excluding hydrogens is 366 g/mol. The van der Waals surface area contributed by atoms with Crippen LogP contribution in [0.1, 0.15) is 47.9 Å². The van der Waals surface area contributed by atoms with Gasteiger partial charge in [0, 0.05) is 25.1 Å². The Morgan fingerprint density at radius 2 is 1.90 bits per heavy atom. The number of carbonyl (C=O) groups is 1. The van der Waals surface area contributed by atoms with Crippen molar-refractivity contribution in [3.63, 3.8) is 0 Å². The van der Waals surface area contributed by atoms with Crippen LogP contribution in [-0.2, 0) is 16.0 Å². The summed E-state index contributed by atoms with van der Waals surface area (Å²) >= 11 is 0. The van der Waals surface area contributed by atoms with Crippen molar-refractivity contribution in [1.82, 2.24) is 15.0 Å². The minimum absolute atomic E-state index is 0.00673. The molecule has 29 heavy (non-hydrogen) atoms. The second kappa shape index (κ2) is 9.09. The van der Waals surface area contributed by atoms with Gasteiger partial charge in [0.25, 0.3) is 0 Å².